The zero-order valence-electron chi connectivity index (χ0n) is 22.1. The van der Waals surface area contributed by atoms with Gasteiger partial charge in [0.05, 0.1) is 16.8 Å². The number of amides is 2. The first kappa shape index (κ1) is 25.9. The molecule has 1 saturated heterocycles. The lowest BCUT2D eigenvalue weighted by atomic mass is 9.89. The minimum atomic E-state index is -0.403. The number of pyridine rings is 2. The Morgan fingerprint density at radius 2 is 1.89 bits per heavy atom. The molecule has 38 heavy (non-hydrogen) atoms. The van der Waals surface area contributed by atoms with E-state index in [1.165, 1.54) is 18.4 Å². The number of likely N-dealkylation sites (tertiary alicyclic amines) is 1. The van der Waals surface area contributed by atoms with Crippen molar-refractivity contribution in [1.29, 1.82) is 0 Å². The Morgan fingerprint density at radius 3 is 2.58 bits per heavy atom. The predicted octanol–water partition coefficient (Wildman–Crippen LogP) is 4.91. The summed E-state index contributed by atoms with van der Waals surface area (Å²) in [7, 11) is 2.19. The number of hydrogen-bond acceptors (Lipinski definition) is 6. The Morgan fingerprint density at radius 1 is 1.13 bits per heavy atom. The number of aryl methyl sites for hydroxylation is 1. The van der Waals surface area contributed by atoms with Gasteiger partial charge in [-0.2, -0.15) is 0 Å². The average molecular weight is 514 g/mol. The predicted molar refractivity (Wildman–Crippen MR) is 147 cm³/mol. The molecule has 0 spiro atoms. The molecule has 8 heteroatoms. The Hall–Kier alpha value is -3.78. The smallest absolute Gasteiger partial charge is 0.231 e. The van der Waals surface area contributed by atoms with Gasteiger partial charge < -0.3 is 20.3 Å². The number of anilines is 1. The summed E-state index contributed by atoms with van der Waals surface area (Å²) in [6.45, 7) is 4.65. The summed E-state index contributed by atoms with van der Waals surface area (Å²) in [5.74, 6) is 2.37. The molecule has 2 fully saturated rings. The van der Waals surface area contributed by atoms with Gasteiger partial charge >= 0.3 is 0 Å². The van der Waals surface area contributed by atoms with Crippen molar-refractivity contribution in [3.63, 3.8) is 0 Å². The molecule has 3 aromatic rings. The van der Waals surface area contributed by atoms with E-state index in [0.717, 1.165) is 37.2 Å². The molecule has 0 radical (unpaired) electrons. The molecule has 1 saturated carbocycles. The molecule has 1 aliphatic carbocycles. The van der Waals surface area contributed by atoms with Gasteiger partial charge in [0.25, 0.3) is 0 Å². The quantitative estimate of drug-likeness (QED) is 0.295. The van der Waals surface area contributed by atoms with Crippen LogP contribution < -0.4 is 15.4 Å². The van der Waals surface area contributed by atoms with Gasteiger partial charge in [0.15, 0.2) is 0 Å². The van der Waals surface area contributed by atoms with E-state index in [0.29, 0.717) is 48.3 Å². The first-order valence-electron chi connectivity index (χ1n) is 13.3. The van der Waals surface area contributed by atoms with E-state index < -0.39 is 5.41 Å². The number of ether oxygens (including phenoxy) is 1. The molecular weight excluding hydrogens is 478 g/mol. The van der Waals surface area contributed by atoms with Gasteiger partial charge in [-0.25, -0.2) is 4.98 Å². The van der Waals surface area contributed by atoms with Crippen LogP contribution in [-0.2, 0) is 9.59 Å². The summed E-state index contributed by atoms with van der Waals surface area (Å²) in [6, 6.07) is 16.1. The number of rotatable bonds is 10. The van der Waals surface area contributed by atoms with Crippen LogP contribution in [0.1, 0.15) is 49.3 Å². The maximum atomic E-state index is 12.8. The van der Waals surface area contributed by atoms with Crippen LogP contribution in [0.15, 0.2) is 54.7 Å². The molecule has 5 rings (SSSR count). The third-order valence-electron chi connectivity index (χ3n) is 7.80. The first-order chi connectivity index (χ1) is 18.5. The van der Waals surface area contributed by atoms with Crippen molar-refractivity contribution < 1.29 is 14.3 Å². The molecule has 2 amide bonds. The molecule has 1 aliphatic heterocycles. The number of nitrogens with one attached hydrogen (secondary N) is 2. The lowest BCUT2D eigenvalue weighted by Crippen LogP contribution is -2.29. The molecule has 3 heterocycles. The van der Waals surface area contributed by atoms with Crippen molar-refractivity contribution >= 4 is 18.1 Å². The average Bonchev–Trinajstić information content (AvgIpc) is 3.72. The monoisotopic (exact) mass is 513 g/mol. The largest absolute Gasteiger partial charge is 0.455 e. The van der Waals surface area contributed by atoms with Crippen molar-refractivity contribution in [2.75, 3.05) is 32.0 Å². The third kappa shape index (κ3) is 6.02. The van der Waals surface area contributed by atoms with Crippen molar-refractivity contribution in [2.24, 2.45) is 5.41 Å². The minimum Gasteiger partial charge on any atom is -0.455 e. The number of carbonyl (C=O) groups is 2. The van der Waals surface area contributed by atoms with Crippen LogP contribution in [0.2, 0.25) is 0 Å². The lowest BCUT2D eigenvalue weighted by molar-refractivity contribution is -0.121. The lowest BCUT2D eigenvalue weighted by Gasteiger charge is -2.29. The van der Waals surface area contributed by atoms with Crippen molar-refractivity contribution in [3.8, 4) is 22.8 Å². The highest BCUT2D eigenvalue weighted by Crippen LogP contribution is 2.49. The Bertz CT molecular complexity index is 1280. The molecule has 8 nitrogen and oxygen atoms in total. The number of hydrogen-bond donors (Lipinski definition) is 2. The highest BCUT2D eigenvalue weighted by Gasteiger charge is 2.49. The van der Waals surface area contributed by atoms with E-state index >= 15 is 0 Å². The highest BCUT2D eigenvalue weighted by molar-refractivity contribution is 5.96. The summed E-state index contributed by atoms with van der Waals surface area (Å²) in [5, 5.41) is 5.57. The summed E-state index contributed by atoms with van der Waals surface area (Å²) >= 11 is 0. The van der Waals surface area contributed by atoms with Crippen LogP contribution in [0, 0.1) is 12.3 Å². The molecule has 198 valence electrons. The van der Waals surface area contributed by atoms with Crippen molar-refractivity contribution in [1.82, 2.24) is 20.2 Å². The van der Waals surface area contributed by atoms with E-state index in [1.54, 1.807) is 12.3 Å². The normalized spacial score (nSPS) is 17.0. The van der Waals surface area contributed by atoms with E-state index in [2.05, 4.69) is 56.8 Å². The fourth-order valence-electron chi connectivity index (χ4n) is 5.11. The van der Waals surface area contributed by atoms with E-state index in [4.69, 9.17) is 4.74 Å². The van der Waals surface area contributed by atoms with Gasteiger partial charge in [-0.3, -0.25) is 14.6 Å². The fraction of sp³-hybridized carbons (Fsp3) is 0.400. The van der Waals surface area contributed by atoms with Gasteiger partial charge in [-0.05, 0) is 88.8 Å². The van der Waals surface area contributed by atoms with E-state index in [9.17, 15) is 9.59 Å². The zero-order valence-corrected chi connectivity index (χ0v) is 22.1. The van der Waals surface area contributed by atoms with Gasteiger partial charge in [-0.15, -0.1) is 0 Å². The zero-order chi connectivity index (χ0) is 26.5. The number of aromatic nitrogens is 2. The van der Waals surface area contributed by atoms with Crippen molar-refractivity contribution in [3.05, 3.63) is 66.0 Å². The van der Waals surface area contributed by atoms with Gasteiger partial charge in [0, 0.05) is 24.4 Å². The van der Waals surface area contributed by atoms with Crippen LogP contribution in [0.5, 0.6) is 11.5 Å². The van der Waals surface area contributed by atoms with E-state index in [1.807, 2.05) is 25.1 Å². The minimum absolute atomic E-state index is 0.0496. The molecule has 2 aromatic heterocycles. The second-order valence-electron chi connectivity index (χ2n) is 10.5. The first-order valence-corrected chi connectivity index (χ1v) is 13.3. The number of benzene rings is 1. The van der Waals surface area contributed by atoms with Crippen LogP contribution in [0.4, 0.5) is 5.82 Å². The molecule has 0 unspecified atom stereocenters. The second-order valence-corrected chi connectivity index (χ2v) is 10.5. The molecule has 2 N–H and O–H groups in total. The van der Waals surface area contributed by atoms with Crippen molar-refractivity contribution in [2.45, 2.75) is 44.9 Å². The van der Waals surface area contributed by atoms with Gasteiger partial charge in [0.2, 0.25) is 12.3 Å². The van der Waals surface area contributed by atoms with Gasteiger partial charge in [0.1, 0.15) is 17.3 Å². The molecule has 0 atom stereocenters. The SMILES string of the molecule is Cc1nc(NC(=O)C2(CCNC=O)CC2)ccc1Oc1ccnc(-c2ccc(C3CCN(C)CC3)cc2)c1. The number of carbonyl (C=O) groups excluding carboxylic acids is 2. The Balaban J connectivity index is 1.22. The maximum absolute atomic E-state index is 12.8. The molecule has 1 aromatic carbocycles. The number of nitrogens with zero attached hydrogens (tertiary/aromatic N) is 3. The Kier molecular flexibility index (Phi) is 7.69. The summed E-state index contributed by atoms with van der Waals surface area (Å²) < 4.78 is 6.14. The van der Waals surface area contributed by atoms with Crippen LogP contribution in [0.3, 0.4) is 0 Å². The fourth-order valence-corrected chi connectivity index (χ4v) is 5.11. The second kappa shape index (κ2) is 11.3. The molecule has 2 aliphatic rings. The van der Waals surface area contributed by atoms with Crippen LogP contribution in [-0.4, -0.2) is 53.9 Å². The van der Waals surface area contributed by atoms with Crippen LogP contribution in [0.25, 0.3) is 11.3 Å². The number of piperidine rings is 1. The topological polar surface area (TPSA) is 96.5 Å². The Labute approximate surface area is 223 Å². The third-order valence-corrected chi connectivity index (χ3v) is 7.80. The molecule has 0 bridgehead atoms. The standard InChI is InChI=1S/C30H35N5O3/c1-21-27(7-8-28(33-21)34-29(37)30(12-13-30)14-16-31-20-36)38-25-9-15-32-26(19-25)24-5-3-22(4-6-24)23-10-17-35(2)18-11-23/h3-9,15,19-20,23H,10-14,16-18H2,1-2H3,(H,31,36)(H,33,34,37). The van der Waals surface area contributed by atoms with Crippen LogP contribution >= 0.6 is 0 Å². The molecular formula is C30H35N5O3. The highest BCUT2D eigenvalue weighted by atomic mass is 16.5. The summed E-state index contributed by atoms with van der Waals surface area (Å²) in [4.78, 5) is 34.8. The van der Waals surface area contributed by atoms with E-state index in [-0.39, 0.29) is 5.91 Å². The maximum Gasteiger partial charge on any atom is 0.231 e. The summed E-state index contributed by atoms with van der Waals surface area (Å²) in [6.07, 6.45) is 7.09. The van der Waals surface area contributed by atoms with Gasteiger partial charge in [-0.1, -0.05) is 24.3 Å². The summed E-state index contributed by atoms with van der Waals surface area (Å²) in [5.41, 5.74) is 3.58.